The van der Waals surface area contributed by atoms with Gasteiger partial charge in [0.2, 0.25) is 0 Å². The van der Waals surface area contributed by atoms with Crippen LogP contribution in [0, 0.1) is 0 Å². The van der Waals surface area contributed by atoms with Gasteiger partial charge in [-0.25, -0.2) is 29.6 Å². The lowest BCUT2D eigenvalue weighted by molar-refractivity contribution is -0.00371. The zero-order valence-corrected chi connectivity index (χ0v) is 22.7. The highest BCUT2D eigenvalue weighted by atomic mass is 28.3. The summed E-state index contributed by atoms with van der Waals surface area (Å²) < 4.78 is 20.5. The van der Waals surface area contributed by atoms with Gasteiger partial charge in [-0.3, -0.25) is 4.79 Å². The second-order valence-corrected chi connectivity index (χ2v) is 16.0. The van der Waals surface area contributed by atoms with Crippen LogP contribution in [0.3, 0.4) is 0 Å². The normalized spacial score (nSPS) is 18.6. The monoisotopic (exact) mass is 515 g/mol. The zero-order chi connectivity index (χ0) is 25.5. The number of carbonyl (C=O) groups excluding carboxylic acids is 1. The lowest BCUT2D eigenvalue weighted by atomic mass is 9.92. The second kappa shape index (κ2) is 12.0. The molecule has 3 aromatic rings. The minimum Gasteiger partial charge on any atom is -0.382 e. The summed E-state index contributed by atoms with van der Waals surface area (Å²) in [6.45, 7) is 9.08. The van der Waals surface area contributed by atoms with Gasteiger partial charge < -0.3 is 18.8 Å². The lowest BCUT2D eigenvalue weighted by Crippen LogP contribution is -2.50. The highest BCUT2D eigenvalue weighted by Crippen LogP contribution is 2.27. The smallest absolute Gasteiger partial charge is 0.293 e. The molecule has 0 N–H and O–H groups in total. The number of ether oxygens (including phenoxy) is 3. The number of fused-ring (bicyclic) bond motifs is 1. The molecule has 0 atom stereocenters. The Hall–Kier alpha value is -2.67. The van der Waals surface area contributed by atoms with Gasteiger partial charge in [-0.05, 0) is 31.7 Å². The van der Waals surface area contributed by atoms with E-state index in [4.69, 9.17) is 14.2 Å². The fourth-order valence-corrected chi connectivity index (χ4v) is 5.16. The highest BCUT2D eigenvalue weighted by molar-refractivity contribution is 6.76. The first-order valence-electron chi connectivity index (χ1n) is 12.5. The van der Waals surface area contributed by atoms with Crippen LogP contribution in [0.1, 0.15) is 36.2 Å². The van der Waals surface area contributed by atoms with Gasteiger partial charge in [0.05, 0.1) is 31.7 Å². The largest absolute Gasteiger partial charge is 0.382 e. The van der Waals surface area contributed by atoms with Gasteiger partial charge in [-0.15, -0.1) is 0 Å². The first-order chi connectivity index (χ1) is 17.4. The van der Waals surface area contributed by atoms with Crippen molar-refractivity contribution in [3.63, 3.8) is 0 Å². The Morgan fingerprint density at radius 3 is 2.58 bits per heavy atom. The molecule has 0 radical (unpaired) electrons. The molecule has 1 fully saturated rings. The summed E-state index contributed by atoms with van der Waals surface area (Å²) in [6.07, 6.45) is 11.7. The number of aromatic nitrogens is 6. The van der Waals surface area contributed by atoms with Crippen molar-refractivity contribution in [3.05, 3.63) is 37.1 Å². The SMILES string of the molecule is COCCOC1CCC(N(C(=O)c2ncnc3ncn(COCC[Si](C)(C)C)c23)n2ccnc2)CC1. The molecule has 36 heavy (non-hydrogen) atoms. The molecule has 1 aliphatic carbocycles. The van der Waals surface area contributed by atoms with Gasteiger partial charge in [0.1, 0.15) is 24.9 Å². The molecule has 12 heteroatoms. The third-order valence-electron chi connectivity index (χ3n) is 6.42. The average Bonchev–Trinajstić information content (AvgIpc) is 3.53. The molecule has 3 heterocycles. The van der Waals surface area contributed by atoms with Gasteiger partial charge in [-0.2, -0.15) is 0 Å². The Morgan fingerprint density at radius 2 is 1.89 bits per heavy atom. The van der Waals surface area contributed by atoms with E-state index in [-0.39, 0.29) is 18.1 Å². The zero-order valence-electron chi connectivity index (χ0n) is 21.7. The van der Waals surface area contributed by atoms with Crippen LogP contribution in [0.5, 0.6) is 0 Å². The fraction of sp³-hybridized carbons (Fsp3) is 0.625. The molecular weight excluding hydrogens is 478 g/mol. The number of hydrogen-bond acceptors (Lipinski definition) is 8. The topological polar surface area (TPSA) is 109 Å². The van der Waals surface area contributed by atoms with Crippen LogP contribution in [-0.4, -0.2) is 82.2 Å². The van der Waals surface area contributed by atoms with Crippen LogP contribution >= 0.6 is 0 Å². The summed E-state index contributed by atoms with van der Waals surface area (Å²) >= 11 is 0. The Bertz CT molecular complexity index is 1110. The van der Waals surface area contributed by atoms with E-state index in [1.807, 2.05) is 4.57 Å². The number of imidazole rings is 2. The predicted octanol–water partition coefficient (Wildman–Crippen LogP) is 3.09. The van der Waals surface area contributed by atoms with Gasteiger partial charge >= 0.3 is 0 Å². The van der Waals surface area contributed by atoms with Gasteiger partial charge in [0.25, 0.3) is 5.91 Å². The fourth-order valence-electron chi connectivity index (χ4n) is 4.41. The maximum absolute atomic E-state index is 14.0. The molecule has 1 saturated carbocycles. The molecule has 0 aliphatic heterocycles. The number of amides is 1. The summed E-state index contributed by atoms with van der Waals surface area (Å²) in [5.41, 5.74) is 1.36. The van der Waals surface area contributed by atoms with E-state index in [1.54, 1.807) is 41.8 Å². The third kappa shape index (κ3) is 6.55. The highest BCUT2D eigenvalue weighted by Gasteiger charge is 2.33. The second-order valence-electron chi connectivity index (χ2n) is 10.3. The van der Waals surface area contributed by atoms with E-state index in [2.05, 4.69) is 39.6 Å². The maximum atomic E-state index is 14.0. The Morgan fingerprint density at radius 1 is 1.08 bits per heavy atom. The number of nitrogens with zero attached hydrogens (tertiary/aromatic N) is 7. The van der Waals surface area contributed by atoms with E-state index in [1.165, 1.54) is 6.33 Å². The predicted molar refractivity (Wildman–Crippen MR) is 138 cm³/mol. The lowest BCUT2D eigenvalue weighted by Gasteiger charge is -2.36. The van der Waals surface area contributed by atoms with Crippen molar-refractivity contribution < 1.29 is 19.0 Å². The van der Waals surface area contributed by atoms with Crippen molar-refractivity contribution in [1.29, 1.82) is 0 Å². The quantitative estimate of drug-likeness (QED) is 0.267. The number of hydrogen-bond donors (Lipinski definition) is 0. The Labute approximate surface area is 212 Å². The first-order valence-corrected chi connectivity index (χ1v) is 16.2. The number of carbonyl (C=O) groups is 1. The minimum atomic E-state index is -1.20. The van der Waals surface area contributed by atoms with E-state index in [0.717, 1.165) is 31.7 Å². The van der Waals surface area contributed by atoms with Gasteiger partial charge in [0, 0.05) is 34.2 Å². The molecular formula is C24H37N7O4Si. The Balaban J connectivity index is 1.53. The van der Waals surface area contributed by atoms with Crippen molar-refractivity contribution in [3.8, 4) is 0 Å². The van der Waals surface area contributed by atoms with Crippen LogP contribution in [0.4, 0.5) is 0 Å². The molecule has 0 unspecified atom stereocenters. The summed E-state index contributed by atoms with van der Waals surface area (Å²) in [7, 11) is 0.470. The molecule has 0 spiro atoms. The van der Waals surface area contributed by atoms with E-state index in [0.29, 0.717) is 43.4 Å². The average molecular weight is 516 g/mol. The summed E-state index contributed by atoms with van der Waals surface area (Å²) in [6, 6.07) is 1.05. The molecule has 196 valence electrons. The van der Waals surface area contributed by atoms with Gasteiger partial charge in [-0.1, -0.05) is 19.6 Å². The van der Waals surface area contributed by atoms with E-state index < -0.39 is 8.07 Å². The van der Waals surface area contributed by atoms with Crippen molar-refractivity contribution in [2.75, 3.05) is 31.9 Å². The Kier molecular flexibility index (Phi) is 8.83. The van der Waals surface area contributed by atoms with Crippen molar-refractivity contribution in [2.45, 2.75) is 70.2 Å². The van der Waals surface area contributed by atoms with Crippen molar-refractivity contribution in [1.82, 2.24) is 29.2 Å². The van der Waals surface area contributed by atoms with Crippen molar-refractivity contribution in [2.24, 2.45) is 0 Å². The maximum Gasteiger partial charge on any atom is 0.293 e. The van der Waals surface area contributed by atoms with Crippen molar-refractivity contribution >= 4 is 25.1 Å². The van der Waals surface area contributed by atoms with Gasteiger partial charge in [0.15, 0.2) is 11.3 Å². The molecule has 11 nitrogen and oxygen atoms in total. The van der Waals surface area contributed by atoms with Crippen LogP contribution in [-0.2, 0) is 20.9 Å². The van der Waals surface area contributed by atoms with Crippen LogP contribution < -0.4 is 5.01 Å². The standard InChI is InChI=1S/C24H37N7O4Si/c1-33-11-12-35-20-7-5-19(6-8-20)31(30-10-9-25-16-30)24(32)21-22-23(27-15-26-21)28-17-29(22)18-34-13-14-36(2,3)4/h9-10,15-17,19-20H,5-8,11-14,18H2,1-4H3. The molecule has 3 aromatic heterocycles. The van der Waals surface area contributed by atoms with E-state index in [9.17, 15) is 4.79 Å². The third-order valence-corrected chi connectivity index (χ3v) is 8.12. The molecule has 1 amide bonds. The van der Waals surface area contributed by atoms with Crippen LogP contribution in [0.15, 0.2) is 31.4 Å². The minimum absolute atomic E-state index is 0.0108. The molecule has 1 aliphatic rings. The molecule has 4 rings (SSSR count). The summed E-state index contributed by atoms with van der Waals surface area (Å²) in [5.74, 6) is -0.215. The summed E-state index contributed by atoms with van der Waals surface area (Å²) in [5, 5.41) is 1.75. The van der Waals surface area contributed by atoms with Crippen LogP contribution in [0.25, 0.3) is 11.2 Å². The van der Waals surface area contributed by atoms with E-state index >= 15 is 0 Å². The summed E-state index contributed by atoms with van der Waals surface area (Å²) in [4.78, 5) is 31.3. The molecule has 0 bridgehead atoms. The first kappa shape index (κ1) is 26.4. The molecule has 0 aromatic carbocycles. The molecule has 0 saturated heterocycles. The van der Waals surface area contributed by atoms with Crippen LogP contribution in [0.2, 0.25) is 25.7 Å². The number of methoxy groups -OCH3 is 1. The number of rotatable bonds is 12.